The lowest BCUT2D eigenvalue weighted by atomic mass is 10.0. The smallest absolute Gasteiger partial charge is 0.165 e. The van der Waals surface area contributed by atoms with Gasteiger partial charge in [-0.2, -0.15) is 0 Å². The van der Waals surface area contributed by atoms with Crippen LogP contribution in [0.1, 0.15) is 12.5 Å². The van der Waals surface area contributed by atoms with E-state index in [0.717, 1.165) is 66.7 Å². The van der Waals surface area contributed by atoms with E-state index in [1.54, 1.807) is 0 Å². The zero-order valence-electron chi connectivity index (χ0n) is 31.4. The molecule has 11 rings (SSSR count). The lowest BCUT2D eigenvalue weighted by Gasteiger charge is -2.14. The monoisotopic (exact) mass is 728 g/mol. The average Bonchev–Trinajstić information content (AvgIpc) is 3.77. The predicted octanol–water partition coefficient (Wildman–Crippen LogP) is 11.9. The van der Waals surface area contributed by atoms with Crippen LogP contribution in [0.4, 0.5) is 0 Å². The molecule has 0 saturated heterocycles. The summed E-state index contributed by atoms with van der Waals surface area (Å²) in [7, 11) is 0. The highest BCUT2D eigenvalue weighted by Crippen LogP contribution is 2.42. The van der Waals surface area contributed by atoms with Crippen LogP contribution < -0.4 is 10.4 Å². The largest absolute Gasteiger partial charge is 0.309 e. The Balaban J connectivity index is 1.19. The molecule has 0 aliphatic carbocycles. The van der Waals surface area contributed by atoms with Crippen molar-refractivity contribution in [3.05, 3.63) is 199 Å². The van der Waals surface area contributed by atoms with E-state index in [0.29, 0.717) is 0 Å². The molecule has 0 unspecified atom stereocenters. The number of aromatic nitrogens is 4. The third kappa shape index (κ3) is 5.22. The molecule has 4 nitrogen and oxygen atoms in total. The zero-order chi connectivity index (χ0) is 38.0. The third-order valence-electron chi connectivity index (χ3n) is 11.4. The molecule has 268 valence electrons. The highest BCUT2D eigenvalue weighted by Gasteiger charge is 2.22. The van der Waals surface area contributed by atoms with Gasteiger partial charge in [-0.05, 0) is 93.9 Å². The normalized spacial score (nSPS) is 12.6. The molecule has 0 aliphatic heterocycles. The number of hydrogen-bond donors (Lipinski definition) is 0. The minimum absolute atomic E-state index is 0.789. The fourth-order valence-electron chi connectivity index (χ4n) is 8.69. The van der Waals surface area contributed by atoms with Gasteiger partial charge in [-0.15, -0.1) is 0 Å². The molecule has 0 aliphatic rings. The van der Waals surface area contributed by atoms with Crippen LogP contribution in [0.2, 0.25) is 0 Å². The van der Waals surface area contributed by atoms with Crippen LogP contribution in [0, 0.1) is 0 Å². The summed E-state index contributed by atoms with van der Waals surface area (Å²) in [6.45, 7) is 6.51. The maximum Gasteiger partial charge on any atom is 0.165 e. The van der Waals surface area contributed by atoms with Gasteiger partial charge in [0, 0.05) is 32.8 Å². The van der Waals surface area contributed by atoms with Crippen LogP contribution in [0.5, 0.6) is 0 Å². The Morgan fingerprint density at radius 1 is 0.509 bits per heavy atom. The molecule has 0 saturated carbocycles. The van der Waals surface area contributed by atoms with E-state index in [-0.39, 0.29) is 0 Å². The quantitative estimate of drug-likeness (QED) is 0.177. The van der Waals surface area contributed by atoms with Gasteiger partial charge < -0.3 is 4.57 Å². The molecule has 11 aromatic rings. The molecule has 0 fully saturated rings. The van der Waals surface area contributed by atoms with Gasteiger partial charge in [0.25, 0.3) is 0 Å². The van der Waals surface area contributed by atoms with Crippen LogP contribution in [0.15, 0.2) is 183 Å². The van der Waals surface area contributed by atoms with Crippen molar-refractivity contribution in [1.82, 2.24) is 19.1 Å². The molecule has 0 bridgehead atoms. The first-order valence-electron chi connectivity index (χ1n) is 19.4. The molecular weight excluding hydrogens is 693 g/mol. The number of benzene rings is 8. The van der Waals surface area contributed by atoms with Crippen molar-refractivity contribution in [3.8, 4) is 22.8 Å². The van der Waals surface area contributed by atoms with Crippen molar-refractivity contribution in [2.75, 3.05) is 0 Å². The fourth-order valence-corrected chi connectivity index (χ4v) is 8.69. The zero-order valence-corrected chi connectivity index (χ0v) is 31.4. The molecular formula is C53H36N4. The third-order valence-corrected chi connectivity index (χ3v) is 11.4. The summed E-state index contributed by atoms with van der Waals surface area (Å²) >= 11 is 0. The summed E-state index contributed by atoms with van der Waals surface area (Å²) in [6.07, 6.45) is 4.28. The summed E-state index contributed by atoms with van der Waals surface area (Å²) in [5.74, 6) is 0.789. The summed E-state index contributed by atoms with van der Waals surface area (Å²) < 4.78 is 4.73. The lowest BCUT2D eigenvalue weighted by Crippen LogP contribution is -2.23. The first-order valence-corrected chi connectivity index (χ1v) is 19.4. The van der Waals surface area contributed by atoms with Crippen LogP contribution in [-0.4, -0.2) is 19.1 Å². The van der Waals surface area contributed by atoms with Gasteiger partial charge in [0.15, 0.2) is 5.82 Å². The summed E-state index contributed by atoms with van der Waals surface area (Å²) in [5.41, 5.74) is 11.1. The van der Waals surface area contributed by atoms with Gasteiger partial charge in [-0.3, -0.25) is 4.57 Å². The van der Waals surface area contributed by atoms with Gasteiger partial charge in [0.1, 0.15) is 5.69 Å². The van der Waals surface area contributed by atoms with E-state index in [1.807, 2.05) is 18.2 Å². The average molecular weight is 729 g/mol. The molecule has 3 aromatic heterocycles. The minimum Gasteiger partial charge on any atom is -0.309 e. The fraction of sp³-hybridized carbons (Fsp3) is 0.0189. The predicted molar refractivity (Wildman–Crippen MR) is 240 cm³/mol. The second-order valence-corrected chi connectivity index (χ2v) is 14.6. The Kier molecular flexibility index (Phi) is 7.51. The van der Waals surface area contributed by atoms with Crippen LogP contribution in [0.3, 0.4) is 0 Å². The van der Waals surface area contributed by atoms with E-state index in [4.69, 9.17) is 9.97 Å². The summed E-state index contributed by atoms with van der Waals surface area (Å²) in [6, 6.07) is 62.5. The molecule has 57 heavy (non-hydrogen) atoms. The first kappa shape index (κ1) is 32.8. The van der Waals surface area contributed by atoms with Crippen molar-refractivity contribution < 1.29 is 0 Å². The second-order valence-electron chi connectivity index (χ2n) is 14.6. The van der Waals surface area contributed by atoms with Gasteiger partial charge in [0.05, 0.1) is 33.1 Å². The van der Waals surface area contributed by atoms with Crippen LogP contribution >= 0.6 is 0 Å². The molecule has 3 heterocycles. The number of hydrogen-bond acceptors (Lipinski definition) is 2. The Morgan fingerprint density at radius 3 is 1.98 bits per heavy atom. The summed E-state index contributed by atoms with van der Waals surface area (Å²) in [5, 5.41) is 9.63. The molecule has 0 amide bonds. The molecule has 0 radical (unpaired) electrons. The lowest BCUT2D eigenvalue weighted by molar-refractivity contribution is 1.08. The number of allylic oxidation sites excluding steroid dienone is 1. The highest BCUT2D eigenvalue weighted by molar-refractivity contribution is 6.25. The first-order chi connectivity index (χ1) is 28.1. The SMILES string of the molecule is C=C(/C=c1/cccc/c1=C/C)c1ccc(-c2nc3ccccc3nc2-n2c3ccccc3c3cc4c5c6ccccc6ccc5n(-c5ccccc5)c4cc32)cc1. The molecule has 4 heteroatoms. The summed E-state index contributed by atoms with van der Waals surface area (Å²) in [4.78, 5) is 10.8. The minimum atomic E-state index is 0.789. The van der Waals surface area contributed by atoms with Crippen LogP contribution in [0.25, 0.3) is 106 Å². The molecule has 0 spiro atoms. The number of nitrogens with zero attached hydrogens (tertiary/aromatic N) is 4. The van der Waals surface area contributed by atoms with Gasteiger partial charge in [-0.1, -0.05) is 140 Å². The highest BCUT2D eigenvalue weighted by atomic mass is 15.1. The van der Waals surface area contributed by atoms with E-state index in [2.05, 4.69) is 193 Å². The maximum absolute atomic E-state index is 5.44. The van der Waals surface area contributed by atoms with Gasteiger partial charge in [0.2, 0.25) is 0 Å². The molecule has 8 aromatic carbocycles. The Bertz CT molecular complexity index is 3530. The molecule has 0 atom stereocenters. The Morgan fingerprint density at radius 2 is 1.18 bits per heavy atom. The van der Waals surface area contributed by atoms with Crippen molar-refractivity contribution in [1.29, 1.82) is 0 Å². The Labute approximate surface area is 329 Å². The van der Waals surface area contributed by atoms with Crippen LogP contribution in [-0.2, 0) is 0 Å². The van der Waals surface area contributed by atoms with Crippen molar-refractivity contribution in [2.24, 2.45) is 0 Å². The van der Waals surface area contributed by atoms with E-state index < -0.39 is 0 Å². The standard InChI is InChI=1S/C53H36N4/c1-3-35-15-7-8-17-39(35)31-34(2)36-25-27-38(28-26-36)52-53(55-46-23-13-12-22-45(46)54-52)57-47-24-14-11-21-42(47)43-32-44-50(33-49(43)57)56(40-18-5-4-6-19-40)48-30-29-37-16-9-10-20-41(37)51(44)48/h3-33H,2H2,1H3/b35-3-,39-31-. The van der Waals surface area contributed by atoms with Crippen molar-refractivity contribution in [2.45, 2.75) is 6.92 Å². The van der Waals surface area contributed by atoms with E-state index in [9.17, 15) is 0 Å². The number of fused-ring (bicyclic) bond motifs is 9. The number of para-hydroxylation sites is 4. The van der Waals surface area contributed by atoms with Crippen molar-refractivity contribution >= 4 is 83.1 Å². The van der Waals surface area contributed by atoms with E-state index >= 15 is 0 Å². The second kappa shape index (κ2) is 13.0. The Hall–Kier alpha value is -7.56. The number of rotatable bonds is 5. The maximum atomic E-state index is 5.44. The van der Waals surface area contributed by atoms with Gasteiger partial charge >= 0.3 is 0 Å². The van der Waals surface area contributed by atoms with E-state index in [1.165, 1.54) is 43.1 Å². The van der Waals surface area contributed by atoms with Gasteiger partial charge in [-0.25, -0.2) is 9.97 Å². The molecule has 0 N–H and O–H groups in total. The van der Waals surface area contributed by atoms with Crippen molar-refractivity contribution in [3.63, 3.8) is 0 Å². The topological polar surface area (TPSA) is 35.6 Å².